The summed E-state index contributed by atoms with van der Waals surface area (Å²) in [5.41, 5.74) is 0.450. The monoisotopic (exact) mass is 384 g/mol. The maximum atomic E-state index is 13.7. The highest BCUT2D eigenvalue weighted by atomic mass is 32.2. The van der Waals surface area contributed by atoms with E-state index >= 15 is 0 Å². The third-order valence-corrected chi connectivity index (χ3v) is 7.44. The minimum absolute atomic E-state index is 0.0915. The summed E-state index contributed by atoms with van der Waals surface area (Å²) in [4.78, 5) is 12.2. The molecular formula is C16H17FN2O4S2. The van der Waals surface area contributed by atoms with E-state index in [1.807, 2.05) is 0 Å². The highest BCUT2D eigenvalue weighted by Gasteiger charge is 2.30. The molecule has 0 bridgehead atoms. The number of nitrogens with one attached hydrogen (secondary N) is 1. The van der Waals surface area contributed by atoms with Gasteiger partial charge in [0.2, 0.25) is 0 Å². The summed E-state index contributed by atoms with van der Waals surface area (Å²) in [7, 11) is -3.63. The molecule has 1 amide bonds. The molecule has 0 atom stereocenters. The third-order valence-electron chi connectivity index (χ3n) is 3.77. The largest absolute Gasteiger partial charge is 0.379 e. The zero-order chi connectivity index (χ0) is 18.0. The fourth-order valence-electron chi connectivity index (χ4n) is 2.51. The van der Waals surface area contributed by atoms with Crippen LogP contribution in [0.2, 0.25) is 0 Å². The smallest absolute Gasteiger partial charge is 0.259 e. The van der Waals surface area contributed by atoms with Crippen LogP contribution in [0.4, 0.5) is 9.39 Å². The molecule has 3 rings (SSSR count). The van der Waals surface area contributed by atoms with E-state index < -0.39 is 21.7 Å². The summed E-state index contributed by atoms with van der Waals surface area (Å²) in [6, 6.07) is 7.20. The van der Waals surface area contributed by atoms with Crippen molar-refractivity contribution < 1.29 is 22.3 Å². The van der Waals surface area contributed by atoms with Gasteiger partial charge in [-0.1, -0.05) is 12.1 Å². The van der Waals surface area contributed by atoms with Crippen molar-refractivity contribution in [3.63, 3.8) is 0 Å². The quantitative estimate of drug-likeness (QED) is 0.879. The van der Waals surface area contributed by atoms with Crippen molar-refractivity contribution in [3.05, 3.63) is 47.3 Å². The number of hydrogen-bond donors (Lipinski definition) is 1. The Morgan fingerprint density at radius 2 is 1.96 bits per heavy atom. The zero-order valence-electron chi connectivity index (χ0n) is 13.5. The molecular weight excluding hydrogens is 367 g/mol. The Hall–Kier alpha value is -1.81. The first-order valence-electron chi connectivity index (χ1n) is 7.64. The number of halogens is 1. The fraction of sp³-hybridized carbons (Fsp3) is 0.312. The Bertz CT molecular complexity index is 889. The van der Waals surface area contributed by atoms with Crippen LogP contribution in [0.5, 0.6) is 0 Å². The first-order chi connectivity index (χ1) is 11.9. The van der Waals surface area contributed by atoms with Gasteiger partial charge in [0.1, 0.15) is 10.0 Å². The number of thiophene rings is 1. The first kappa shape index (κ1) is 18.0. The average molecular weight is 384 g/mol. The van der Waals surface area contributed by atoms with Crippen molar-refractivity contribution in [2.45, 2.75) is 11.1 Å². The number of nitrogens with zero attached hydrogens (tertiary/aromatic N) is 1. The van der Waals surface area contributed by atoms with E-state index in [9.17, 15) is 17.6 Å². The molecule has 2 aromatic rings. The highest BCUT2D eigenvalue weighted by Crippen LogP contribution is 2.33. The lowest BCUT2D eigenvalue weighted by Crippen LogP contribution is -2.40. The van der Waals surface area contributed by atoms with Crippen LogP contribution in [0.25, 0.3) is 0 Å². The molecule has 1 aromatic heterocycles. The van der Waals surface area contributed by atoms with Gasteiger partial charge in [-0.25, -0.2) is 12.8 Å². The standard InChI is InChI=1S/C16H17FN2O4S2/c1-11-10-14(18-15(20)12-4-2-3-5-13(12)17)24-16(11)25(21,22)19-6-8-23-9-7-19/h2-5,10H,6-9H2,1H3,(H,18,20). The Labute approximate surface area is 149 Å². The van der Waals surface area contributed by atoms with E-state index in [1.54, 1.807) is 19.1 Å². The molecule has 0 aliphatic carbocycles. The van der Waals surface area contributed by atoms with E-state index in [1.165, 1.54) is 22.5 Å². The van der Waals surface area contributed by atoms with Gasteiger partial charge in [0.05, 0.1) is 23.8 Å². The summed E-state index contributed by atoms with van der Waals surface area (Å²) >= 11 is 0.964. The van der Waals surface area contributed by atoms with E-state index in [0.717, 1.165) is 11.3 Å². The van der Waals surface area contributed by atoms with Gasteiger partial charge in [-0.05, 0) is 30.7 Å². The van der Waals surface area contributed by atoms with Gasteiger partial charge < -0.3 is 10.1 Å². The van der Waals surface area contributed by atoms with Gasteiger partial charge >= 0.3 is 0 Å². The van der Waals surface area contributed by atoms with Crippen LogP contribution in [0, 0.1) is 12.7 Å². The van der Waals surface area contributed by atoms with Crippen molar-refractivity contribution in [1.29, 1.82) is 0 Å². The molecule has 9 heteroatoms. The molecule has 0 radical (unpaired) electrons. The lowest BCUT2D eigenvalue weighted by atomic mass is 10.2. The summed E-state index contributed by atoms with van der Waals surface area (Å²) in [5.74, 6) is -1.25. The number of morpholine rings is 1. The zero-order valence-corrected chi connectivity index (χ0v) is 15.1. The van der Waals surface area contributed by atoms with Crippen LogP contribution in [0.3, 0.4) is 0 Å². The van der Waals surface area contributed by atoms with Crippen LogP contribution in [0.15, 0.2) is 34.5 Å². The van der Waals surface area contributed by atoms with Gasteiger partial charge in [0.25, 0.3) is 15.9 Å². The molecule has 0 spiro atoms. The molecule has 1 fully saturated rings. The minimum atomic E-state index is -3.63. The molecule has 1 aromatic carbocycles. The van der Waals surface area contributed by atoms with Crippen LogP contribution >= 0.6 is 11.3 Å². The maximum absolute atomic E-state index is 13.7. The summed E-state index contributed by atoms with van der Waals surface area (Å²) in [5, 5.41) is 2.93. The second-order valence-electron chi connectivity index (χ2n) is 5.53. The van der Waals surface area contributed by atoms with Crippen LogP contribution in [-0.2, 0) is 14.8 Å². The topological polar surface area (TPSA) is 75.7 Å². The number of anilines is 1. The molecule has 1 aliphatic rings. The molecule has 0 saturated carbocycles. The molecule has 2 heterocycles. The van der Waals surface area contributed by atoms with Crippen LogP contribution in [-0.4, -0.2) is 44.9 Å². The van der Waals surface area contributed by atoms with Gasteiger partial charge in [0.15, 0.2) is 0 Å². The number of aryl methyl sites for hydroxylation is 1. The predicted molar refractivity (Wildman–Crippen MR) is 93.0 cm³/mol. The number of carbonyl (C=O) groups excluding carboxylic acids is 1. The van der Waals surface area contributed by atoms with E-state index in [2.05, 4.69) is 5.32 Å². The Morgan fingerprint density at radius 1 is 1.28 bits per heavy atom. The Balaban J connectivity index is 1.83. The van der Waals surface area contributed by atoms with Crippen LogP contribution < -0.4 is 5.32 Å². The third kappa shape index (κ3) is 3.74. The molecule has 1 saturated heterocycles. The van der Waals surface area contributed by atoms with Crippen molar-refractivity contribution in [3.8, 4) is 0 Å². The number of sulfonamides is 1. The molecule has 6 nitrogen and oxygen atoms in total. The number of amides is 1. The number of benzene rings is 1. The van der Waals surface area contributed by atoms with Crippen molar-refractivity contribution in [1.82, 2.24) is 4.31 Å². The highest BCUT2D eigenvalue weighted by molar-refractivity contribution is 7.91. The van der Waals surface area contributed by atoms with E-state index in [0.29, 0.717) is 36.9 Å². The SMILES string of the molecule is Cc1cc(NC(=O)c2ccccc2F)sc1S(=O)(=O)N1CCOCC1. The second-order valence-corrected chi connectivity index (χ2v) is 8.72. The summed E-state index contributed by atoms with van der Waals surface area (Å²) in [6.45, 7) is 3.00. The first-order valence-corrected chi connectivity index (χ1v) is 9.89. The van der Waals surface area contributed by atoms with Gasteiger partial charge in [0, 0.05) is 13.1 Å². The summed E-state index contributed by atoms with van der Waals surface area (Å²) < 4.78 is 45.9. The van der Waals surface area contributed by atoms with Crippen molar-refractivity contribution in [2.24, 2.45) is 0 Å². The number of carbonyl (C=O) groups is 1. The Kier molecular flexibility index (Phi) is 5.19. The van der Waals surface area contributed by atoms with Crippen LogP contribution in [0.1, 0.15) is 15.9 Å². The van der Waals surface area contributed by atoms with E-state index in [-0.39, 0.29) is 9.77 Å². The number of rotatable bonds is 4. The van der Waals surface area contributed by atoms with Crippen molar-refractivity contribution >= 4 is 32.3 Å². The second kappa shape index (κ2) is 7.20. The molecule has 1 N–H and O–H groups in total. The molecule has 0 unspecified atom stereocenters. The molecule has 1 aliphatic heterocycles. The predicted octanol–water partition coefficient (Wildman–Crippen LogP) is 2.47. The average Bonchev–Trinajstić information content (AvgIpc) is 2.97. The Morgan fingerprint density at radius 3 is 2.64 bits per heavy atom. The van der Waals surface area contributed by atoms with Gasteiger partial charge in [-0.15, -0.1) is 11.3 Å². The van der Waals surface area contributed by atoms with Crippen molar-refractivity contribution in [2.75, 3.05) is 31.6 Å². The van der Waals surface area contributed by atoms with E-state index in [4.69, 9.17) is 4.74 Å². The lowest BCUT2D eigenvalue weighted by Gasteiger charge is -2.25. The lowest BCUT2D eigenvalue weighted by molar-refractivity contribution is 0.0731. The molecule has 25 heavy (non-hydrogen) atoms. The number of ether oxygens (including phenoxy) is 1. The normalized spacial score (nSPS) is 15.9. The molecule has 134 valence electrons. The maximum Gasteiger partial charge on any atom is 0.259 e. The number of hydrogen-bond acceptors (Lipinski definition) is 5. The fourth-order valence-corrected chi connectivity index (χ4v) is 5.65. The summed E-state index contributed by atoms with van der Waals surface area (Å²) in [6.07, 6.45) is 0. The minimum Gasteiger partial charge on any atom is -0.379 e. The van der Waals surface area contributed by atoms with Gasteiger partial charge in [-0.2, -0.15) is 4.31 Å². The van der Waals surface area contributed by atoms with Gasteiger partial charge in [-0.3, -0.25) is 4.79 Å².